The van der Waals surface area contributed by atoms with Crippen LogP contribution in [0.25, 0.3) is 11.0 Å². The van der Waals surface area contributed by atoms with Crippen molar-refractivity contribution >= 4 is 26.9 Å². The van der Waals surface area contributed by atoms with Gasteiger partial charge in [-0.3, -0.25) is 0 Å². The number of hydrogen-bond donors (Lipinski definition) is 1. The van der Waals surface area contributed by atoms with E-state index in [2.05, 4.69) is 21.2 Å². The molecule has 0 amide bonds. The molecule has 1 aromatic carbocycles. The Morgan fingerprint density at radius 2 is 2.19 bits per heavy atom. The minimum atomic E-state index is -0.318. The van der Waals surface area contributed by atoms with Crippen molar-refractivity contribution in [1.29, 1.82) is 0 Å². The van der Waals surface area contributed by atoms with Crippen LogP contribution in [0.15, 0.2) is 21.0 Å². The number of aryl methyl sites for hydroxylation is 1. The normalized spacial score (nSPS) is 11.2. The van der Waals surface area contributed by atoms with Crippen molar-refractivity contribution in [2.75, 3.05) is 7.05 Å². The number of fused-ring (bicyclic) bond motifs is 1. The van der Waals surface area contributed by atoms with Crippen LogP contribution in [0.1, 0.15) is 18.2 Å². The molecule has 1 N–H and O–H groups in total. The minimum absolute atomic E-state index is 0.318. The molecule has 0 aliphatic heterocycles. The summed E-state index contributed by atoms with van der Waals surface area (Å²) in [7, 11) is 1.85. The van der Waals surface area contributed by atoms with Gasteiger partial charge in [0, 0.05) is 15.4 Å². The third-order valence-corrected chi connectivity index (χ3v) is 3.04. The molecule has 2 aromatic rings. The van der Waals surface area contributed by atoms with Gasteiger partial charge in [0.1, 0.15) is 5.76 Å². The Morgan fingerprint density at radius 1 is 1.44 bits per heavy atom. The summed E-state index contributed by atoms with van der Waals surface area (Å²) < 4.78 is 20.0. The summed E-state index contributed by atoms with van der Waals surface area (Å²) in [4.78, 5) is 0. The third kappa shape index (κ3) is 1.87. The maximum atomic E-state index is 13.7. The van der Waals surface area contributed by atoms with Crippen LogP contribution < -0.4 is 5.32 Å². The standard InChI is InChI=1S/C12H13BrFNO/c1-3-8-9-4-7(13)5-10(14)12(9)16-11(8)6-15-2/h4-5,15H,3,6H2,1-2H3. The van der Waals surface area contributed by atoms with Gasteiger partial charge in [-0.15, -0.1) is 0 Å². The average Bonchev–Trinajstić information content (AvgIpc) is 2.56. The van der Waals surface area contributed by atoms with E-state index in [1.54, 1.807) is 0 Å². The molecule has 0 spiro atoms. The molecule has 0 atom stereocenters. The molecule has 0 saturated heterocycles. The van der Waals surface area contributed by atoms with Crippen molar-refractivity contribution in [2.45, 2.75) is 19.9 Å². The second-order valence-corrected chi connectivity index (χ2v) is 4.57. The van der Waals surface area contributed by atoms with Crippen LogP contribution >= 0.6 is 15.9 Å². The summed E-state index contributed by atoms with van der Waals surface area (Å²) >= 11 is 3.30. The lowest BCUT2D eigenvalue weighted by Crippen LogP contribution is -2.05. The van der Waals surface area contributed by atoms with Gasteiger partial charge in [-0.2, -0.15) is 0 Å². The maximum Gasteiger partial charge on any atom is 0.170 e. The van der Waals surface area contributed by atoms with E-state index in [4.69, 9.17) is 4.42 Å². The van der Waals surface area contributed by atoms with E-state index in [9.17, 15) is 4.39 Å². The van der Waals surface area contributed by atoms with Gasteiger partial charge in [-0.25, -0.2) is 4.39 Å². The van der Waals surface area contributed by atoms with Crippen LogP contribution in [0.3, 0.4) is 0 Å². The quantitative estimate of drug-likeness (QED) is 0.932. The first kappa shape index (κ1) is 11.6. The van der Waals surface area contributed by atoms with Crippen LogP contribution in [0.5, 0.6) is 0 Å². The fourth-order valence-corrected chi connectivity index (χ4v) is 2.34. The molecule has 1 aromatic heterocycles. The average molecular weight is 286 g/mol. The molecule has 0 saturated carbocycles. The number of halogens is 2. The lowest BCUT2D eigenvalue weighted by molar-refractivity contribution is 0.502. The fourth-order valence-electron chi connectivity index (χ4n) is 1.91. The van der Waals surface area contributed by atoms with E-state index in [-0.39, 0.29) is 5.82 Å². The molecule has 16 heavy (non-hydrogen) atoms. The number of rotatable bonds is 3. The van der Waals surface area contributed by atoms with E-state index in [1.165, 1.54) is 6.07 Å². The van der Waals surface area contributed by atoms with E-state index in [0.29, 0.717) is 12.1 Å². The predicted octanol–water partition coefficient (Wildman–Crippen LogP) is 3.62. The Bertz CT molecular complexity index is 521. The van der Waals surface area contributed by atoms with Crippen LogP contribution in [0.2, 0.25) is 0 Å². The zero-order chi connectivity index (χ0) is 11.7. The molecule has 2 nitrogen and oxygen atoms in total. The molecule has 4 heteroatoms. The van der Waals surface area contributed by atoms with Crippen molar-refractivity contribution in [3.05, 3.63) is 33.7 Å². The smallest absolute Gasteiger partial charge is 0.170 e. The van der Waals surface area contributed by atoms with Gasteiger partial charge in [-0.05, 0) is 25.6 Å². The third-order valence-electron chi connectivity index (χ3n) is 2.59. The SMILES string of the molecule is CCc1c(CNC)oc2c(F)cc(Br)cc12. The second-order valence-electron chi connectivity index (χ2n) is 3.65. The Kier molecular flexibility index (Phi) is 3.30. The number of nitrogens with one attached hydrogen (secondary N) is 1. The lowest BCUT2D eigenvalue weighted by Gasteiger charge is -1.98. The van der Waals surface area contributed by atoms with Crippen LogP contribution in [0, 0.1) is 5.82 Å². The highest BCUT2D eigenvalue weighted by Gasteiger charge is 2.15. The predicted molar refractivity (Wildman–Crippen MR) is 66.0 cm³/mol. The summed E-state index contributed by atoms with van der Waals surface area (Å²) in [5.74, 6) is 0.499. The molecule has 86 valence electrons. The first-order valence-corrected chi connectivity index (χ1v) is 6.00. The zero-order valence-electron chi connectivity index (χ0n) is 9.23. The van der Waals surface area contributed by atoms with Gasteiger partial charge < -0.3 is 9.73 Å². The first-order chi connectivity index (χ1) is 7.67. The van der Waals surface area contributed by atoms with E-state index in [1.807, 2.05) is 20.0 Å². The number of furan rings is 1. The van der Waals surface area contributed by atoms with Gasteiger partial charge in [0.05, 0.1) is 6.54 Å². The summed E-state index contributed by atoms with van der Waals surface area (Å²) in [6, 6.07) is 3.33. The first-order valence-electron chi connectivity index (χ1n) is 5.21. The molecule has 0 radical (unpaired) electrons. The van der Waals surface area contributed by atoms with Gasteiger partial charge in [0.2, 0.25) is 0 Å². The van der Waals surface area contributed by atoms with E-state index in [0.717, 1.165) is 27.6 Å². The van der Waals surface area contributed by atoms with Crippen molar-refractivity contribution in [3.8, 4) is 0 Å². The highest BCUT2D eigenvalue weighted by molar-refractivity contribution is 9.10. The molecule has 0 fully saturated rings. The summed E-state index contributed by atoms with van der Waals surface area (Å²) in [6.07, 6.45) is 0.833. The molecule has 0 bridgehead atoms. The van der Waals surface area contributed by atoms with Gasteiger partial charge >= 0.3 is 0 Å². The Labute approximate surface area is 102 Å². The molecule has 1 heterocycles. The van der Waals surface area contributed by atoms with Crippen LogP contribution in [0.4, 0.5) is 4.39 Å². The molecule has 0 aliphatic carbocycles. The Morgan fingerprint density at radius 3 is 2.81 bits per heavy atom. The minimum Gasteiger partial charge on any atom is -0.456 e. The van der Waals surface area contributed by atoms with Crippen LogP contribution in [-0.2, 0) is 13.0 Å². The summed E-state index contributed by atoms with van der Waals surface area (Å²) in [5, 5.41) is 3.89. The van der Waals surface area contributed by atoms with E-state index >= 15 is 0 Å². The molecular formula is C12H13BrFNO. The molecule has 0 unspecified atom stereocenters. The van der Waals surface area contributed by atoms with E-state index < -0.39 is 0 Å². The zero-order valence-corrected chi connectivity index (χ0v) is 10.8. The van der Waals surface area contributed by atoms with Gasteiger partial charge in [0.25, 0.3) is 0 Å². The molecule has 0 aliphatic rings. The highest BCUT2D eigenvalue weighted by Crippen LogP contribution is 2.31. The lowest BCUT2D eigenvalue weighted by atomic mass is 10.1. The van der Waals surface area contributed by atoms with Crippen molar-refractivity contribution < 1.29 is 8.81 Å². The van der Waals surface area contributed by atoms with Gasteiger partial charge in [0.15, 0.2) is 11.4 Å². The topological polar surface area (TPSA) is 25.2 Å². The number of benzene rings is 1. The van der Waals surface area contributed by atoms with Gasteiger partial charge in [-0.1, -0.05) is 22.9 Å². The molecule has 2 rings (SSSR count). The van der Waals surface area contributed by atoms with Crippen molar-refractivity contribution in [1.82, 2.24) is 5.32 Å². The number of hydrogen-bond acceptors (Lipinski definition) is 2. The summed E-state index contributed by atoms with van der Waals surface area (Å²) in [5.41, 5.74) is 1.43. The fraction of sp³-hybridized carbons (Fsp3) is 0.333. The Balaban J connectivity index is 2.71. The highest BCUT2D eigenvalue weighted by atomic mass is 79.9. The van der Waals surface area contributed by atoms with Crippen LogP contribution in [-0.4, -0.2) is 7.05 Å². The Hall–Kier alpha value is -0.870. The largest absolute Gasteiger partial charge is 0.456 e. The van der Waals surface area contributed by atoms with Crippen molar-refractivity contribution in [2.24, 2.45) is 0 Å². The maximum absolute atomic E-state index is 13.7. The molecular weight excluding hydrogens is 273 g/mol. The summed E-state index contributed by atoms with van der Waals surface area (Å²) in [6.45, 7) is 2.66. The van der Waals surface area contributed by atoms with Crippen molar-refractivity contribution in [3.63, 3.8) is 0 Å². The monoisotopic (exact) mass is 285 g/mol. The second kappa shape index (κ2) is 4.55.